The molecule has 1 saturated carbocycles. The van der Waals surface area contributed by atoms with Crippen molar-refractivity contribution in [1.82, 2.24) is 10.6 Å². The van der Waals surface area contributed by atoms with E-state index in [1.54, 1.807) is 6.26 Å². The van der Waals surface area contributed by atoms with Gasteiger partial charge in [-0.15, -0.1) is 30.4 Å². The van der Waals surface area contributed by atoms with Gasteiger partial charge < -0.3 is 15.1 Å². The Morgan fingerprint density at radius 3 is 2.82 bits per heavy atom. The van der Waals surface area contributed by atoms with Gasteiger partial charge in [-0.25, -0.2) is 0 Å². The first-order valence-corrected chi connectivity index (χ1v) is 7.86. The van der Waals surface area contributed by atoms with Crippen molar-refractivity contribution in [3.8, 4) is 12.3 Å². The second-order valence-corrected chi connectivity index (χ2v) is 5.51. The number of nitrogens with zero attached hydrogens (tertiary/aromatic N) is 1. The van der Waals surface area contributed by atoms with Crippen LogP contribution >= 0.6 is 24.0 Å². The van der Waals surface area contributed by atoms with Crippen LogP contribution < -0.4 is 10.6 Å². The number of furan rings is 1. The molecule has 0 atom stereocenters. The standard InChI is InChI=1S/C17H25N3O.HI/c1-2-11-18-17(19-12-10-16-9-6-13-21-16)20-14-15-7-4-3-5-8-15;/h1,6,9,13,15H,3-5,7-8,10-12,14H2,(H2,18,19,20);1H. The summed E-state index contributed by atoms with van der Waals surface area (Å²) in [4.78, 5) is 4.67. The Kier molecular flexibility index (Phi) is 9.80. The van der Waals surface area contributed by atoms with Crippen LogP contribution in [0.5, 0.6) is 0 Å². The smallest absolute Gasteiger partial charge is 0.192 e. The lowest BCUT2D eigenvalue weighted by atomic mass is 9.89. The van der Waals surface area contributed by atoms with Gasteiger partial charge in [0, 0.05) is 19.5 Å². The summed E-state index contributed by atoms with van der Waals surface area (Å²) in [6, 6.07) is 3.89. The molecule has 0 aromatic carbocycles. The molecule has 0 bridgehead atoms. The molecule has 2 N–H and O–H groups in total. The van der Waals surface area contributed by atoms with Crippen LogP contribution in [0.25, 0.3) is 0 Å². The summed E-state index contributed by atoms with van der Waals surface area (Å²) in [5, 5.41) is 6.48. The number of aliphatic imine (C=N–C) groups is 1. The second kappa shape index (κ2) is 11.4. The molecule has 1 aliphatic carbocycles. The first-order chi connectivity index (χ1) is 10.4. The largest absolute Gasteiger partial charge is 0.469 e. The van der Waals surface area contributed by atoms with E-state index in [1.165, 1.54) is 32.1 Å². The average molecular weight is 415 g/mol. The summed E-state index contributed by atoms with van der Waals surface area (Å²) in [5.74, 6) is 5.11. The minimum absolute atomic E-state index is 0. The fourth-order valence-electron chi connectivity index (χ4n) is 2.66. The van der Waals surface area contributed by atoms with E-state index in [2.05, 4.69) is 21.5 Å². The number of guanidine groups is 1. The molecule has 0 amide bonds. The molecule has 2 rings (SSSR count). The van der Waals surface area contributed by atoms with Crippen molar-refractivity contribution in [3.05, 3.63) is 24.2 Å². The van der Waals surface area contributed by atoms with E-state index in [-0.39, 0.29) is 24.0 Å². The lowest BCUT2D eigenvalue weighted by Gasteiger charge is -2.20. The van der Waals surface area contributed by atoms with Gasteiger partial charge in [0.2, 0.25) is 0 Å². The monoisotopic (exact) mass is 415 g/mol. The van der Waals surface area contributed by atoms with Gasteiger partial charge in [-0.3, -0.25) is 4.99 Å². The first-order valence-electron chi connectivity index (χ1n) is 7.86. The summed E-state index contributed by atoms with van der Waals surface area (Å²) in [6.07, 6.45) is 14.5. The summed E-state index contributed by atoms with van der Waals surface area (Å²) in [7, 11) is 0. The quantitative estimate of drug-likeness (QED) is 0.325. The van der Waals surface area contributed by atoms with Crippen LogP contribution in [0.4, 0.5) is 0 Å². The number of halogens is 1. The molecule has 1 fully saturated rings. The zero-order valence-corrected chi connectivity index (χ0v) is 15.3. The molecule has 4 nitrogen and oxygen atoms in total. The highest BCUT2D eigenvalue weighted by Crippen LogP contribution is 2.23. The molecule has 0 radical (unpaired) electrons. The predicted molar refractivity (Wildman–Crippen MR) is 102 cm³/mol. The molecular weight excluding hydrogens is 389 g/mol. The van der Waals surface area contributed by atoms with E-state index in [0.29, 0.717) is 6.54 Å². The van der Waals surface area contributed by atoms with Crippen LogP contribution in [-0.4, -0.2) is 25.6 Å². The Bertz CT molecular complexity index is 459. The molecule has 1 aromatic rings. The van der Waals surface area contributed by atoms with Gasteiger partial charge >= 0.3 is 0 Å². The summed E-state index contributed by atoms with van der Waals surface area (Å²) < 4.78 is 5.32. The molecule has 122 valence electrons. The molecule has 0 aliphatic heterocycles. The normalized spacial score (nSPS) is 15.7. The van der Waals surface area contributed by atoms with Gasteiger partial charge in [-0.2, -0.15) is 0 Å². The van der Waals surface area contributed by atoms with Crippen LogP contribution in [0, 0.1) is 18.3 Å². The Hall–Kier alpha value is -1.16. The molecule has 0 spiro atoms. The molecule has 22 heavy (non-hydrogen) atoms. The van der Waals surface area contributed by atoms with Crippen molar-refractivity contribution in [1.29, 1.82) is 0 Å². The highest BCUT2D eigenvalue weighted by molar-refractivity contribution is 14.0. The van der Waals surface area contributed by atoms with E-state index in [9.17, 15) is 0 Å². The van der Waals surface area contributed by atoms with Crippen molar-refractivity contribution in [2.24, 2.45) is 10.9 Å². The molecular formula is C17H26IN3O. The van der Waals surface area contributed by atoms with E-state index < -0.39 is 0 Å². The number of hydrogen-bond acceptors (Lipinski definition) is 2. The van der Waals surface area contributed by atoms with Crippen molar-refractivity contribution < 1.29 is 4.42 Å². The molecule has 0 unspecified atom stereocenters. The van der Waals surface area contributed by atoms with Crippen LogP contribution in [0.1, 0.15) is 37.9 Å². The van der Waals surface area contributed by atoms with Gasteiger partial charge in [0.1, 0.15) is 5.76 Å². The summed E-state index contributed by atoms with van der Waals surface area (Å²) in [5.41, 5.74) is 0. The zero-order chi connectivity index (χ0) is 14.8. The van der Waals surface area contributed by atoms with Crippen molar-refractivity contribution in [2.75, 3.05) is 19.6 Å². The molecule has 0 saturated heterocycles. The molecule has 5 heteroatoms. The fourth-order valence-corrected chi connectivity index (χ4v) is 2.66. The zero-order valence-electron chi connectivity index (χ0n) is 13.0. The van der Waals surface area contributed by atoms with E-state index in [1.807, 2.05) is 12.1 Å². The van der Waals surface area contributed by atoms with Crippen molar-refractivity contribution in [3.63, 3.8) is 0 Å². The third-order valence-electron chi connectivity index (χ3n) is 3.83. The molecule has 1 aromatic heterocycles. The summed E-state index contributed by atoms with van der Waals surface area (Å²) >= 11 is 0. The maximum atomic E-state index is 5.32. The maximum Gasteiger partial charge on any atom is 0.192 e. The lowest BCUT2D eigenvalue weighted by molar-refractivity contribution is 0.366. The maximum absolute atomic E-state index is 5.32. The highest BCUT2D eigenvalue weighted by Gasteiger charge is 2.12. The SMILES string of the molecule is C#CCNC(=NCC1CCCCC1)NCCc1ccco1.I. The summed E-state index contributed by atoms with van der Waals surface area (Å²) in [6.45, 7) is 2.17. The van der Waals surface area contributed by atoms with Gasteiger partial charge in [0.25, 0.3) is 0 Å². The Morgan fingerprint density at radius 1 is 1.32 bits per heavy atom. The molecule has 1 aliphatic rings. The lowest BCUT2D eigenvalue weighted by Crippen LogP contribution is -2.39. The third-order valence-corrected chi connectivity index (χ3v) is 3.83. The molecule has 1 heterocycles. The van der Waals surface area contributed by atoms with Crippen LogP contribution in [0.2, 0.25) is 0 Å². The van der Waals surface area contributed by atoms with E-state index >= 15 is 0 Å². The van der Waals surface area contributed by atoms with Gasteiger partial charge in [0.05, 0.1) is 12.8 Å². The number of terminal acetylenes is 1. The second-order valence-electron chi connectivity index (χ2n) is 5.51. The number of rotatable bonds is 6. The van der Waals surface area contributed by atoms with Gasteiger partial charge in [-0.05, 0) is 30.9 Å². The van der Waals surface area contributed by atoms with Crippen LogP contribution in [-0.2, 0) is 6.42 Å². The van der Waals surface area contributed by atoms with Crippen molar-refractivity contribution >= 4 is 29.9 Å². The first kappa shape index (κ1) is 18.9. The minimum Gasteiger partial charge on any atom is -0.469 e. The van der Waals surface area contributed by atoms with Crippen molar-refractivity contribution in [2.45, 2.75) is 38.5 Å². The average Bonchev–Trinajstić information content (AvgIpc) is 3.04. The van der Waals surface area contributed by atoms with E-state index in [0.717, 1.165) is 37.1 Å². The van der Waals surface area contributed by atoms with Gasteiger partial charge in [-0.1, -0.05) is 25.2 Å². The third kappa shape index (κ3) is 7.21. The Balaban J connectivity index is 0.00000242. The Morgan fingerprint density at radius 2 is 2.14 bits per heavy atom. The van der Waals surface area contributed by atoms with E-state index in [4.69, 9.17) is 10.8 Å². The van der Waals surface area contributed by atoms with Crippen LogP contribution in [0.3, 0.4) is 0 Å². The topological polar surface area (TPSA) is 49.6 Å². The Labute approximate surface area is 150 Å². The highest BCUT2D eigenvalue weighted by atomic mass is 127. The fraction of sp³-hybridized carbons (Fsp3) is 0.588. The minimum atomic E-state index is 0. The number of nitrogens with one attached hydrogen (secondary N) is 2. The number of hydrogen-bond donors (Lipinski definition) is 2. The van der Waals surface area contributed by atoms with Gasteiger partial charge in [0.15, 0.2) is 5.96 Å². The van der Waals surface area contributed by atoms with Crippen LogP contribution in [0.15, 0.2) is 27.8 Å². The predicted octanol–water partition coefficient (Wildman–Crippen LogP) is 3.19.